The zero-order valence-corrected chi connectivity index (χ0v) is 12.7. The number of sulfonamides is 1. The van der Waals surface area contributed by atoms with Crippen molar-refractivity contribution in [1.29, 1.82) is 0 Å². The van der Waals surface area contributed by atoms with Gasteiger partial charge in [-0.25, -0.2) is 13.1 Å². The van der Waals surface area contributed by atoms with E-state index in [2.05, 4.69) is 21.9 Å². The molecule has 0 spiro atoms. The van der Waals surface area contributed by atoms with Crippen LogP contribution in [0.2, 0.25) is 0 Å². The summed E-state index contributed by atoms with van der Waals surface area (Å²) in [6, 6.07) is 3.39. The zero-order valence-electron chi connectivity index (χ0n) is 11.1. The Labute approximate surface area is 122 Å². The minimum atomic E-state index is -3.31. The Morgan fingerprint density at radius 1 is 1.45 bits per heavy atom. The number of rotatable bonds is 6. The molecule has 0 aromatic carbocycles. The summed E-state index contributed by atoms with van der Waals surface area (Å²) in [7, 11) is -3.31. The van der Waals surface area contributed by atoms with E-state index in [1.54, 1.807) is 19.1 Å². The molecule has 20 heavy (non-hydrogen) atoms. The first-order valence-electron chi connectivity index (χ1n) is 6.03. The molecule has 0 saturated heterocycles. The van der Waals surface area contributed by atoms with Crippen molar-refractivity contribution in [3.63, 3.8) is 0 Å². The van der Waals surface area contributed by atoms with Crippen molar-refractivity contribution < 1.29 is 13.2 Å². The highest BCUT2D eigenvalue weighted by Gasteiger charge is 2.11. The topological polar surface area (TPSA) is 101 Å². The van der Waals surface area contributed by atoms with E-state index in [0.29, 0.717) is 11.4 Å². The maximum Gasteiger partial charge on any atom is 0.261 e. The maximum atomic E-state index is 11.8. The van der Waals surface area contributed by atoms with Crippen molar-refractivity contribution in [3.8, 4) is 11.8 Å². The standard InChI is InChI=1S/C12H17N3O3S2/c1-2-15-20(17,18)9-8-14-12(16)11-6-5-10(19-11)4-3-7-13/h5-6,15H,2,7-9,13H2,1H3,(H,14,16). The monoisotopic (exact) mass is 315 g/mol. The summed E-state index contributed by atoms with van der Waals surface area (Å²) in [5, 5.41) is 2.56. The molecule has 0 saturated carbocycles. The molecular formula is C12H17N3O3S2. The lowest BCUT2D eigenvalue weighted by Crippen LogP contribution is -2.34. The molecule has 0 aliphatic heterocycles. The predicted octanol–water partition coefficient (Wildman–Crippen LogP) is -0.273. The van der Waals surface area contributed by atoms with E-state index in [0.717, 1.165) is 4.88 Å². The molecule has 1 aromatic heterocycles. The van der Waals surface area contributed by atoms with Gasteiger partial charge in [-0.15, -0.1) is 11.3 Å². The summed E-state index contributed by atoms with van der Waals surface area (Å²) < 4.78 is 25.1. The van der Waals surface area contributed by atoms with Crippen LogP contribution in [0.3, 0.4) is 0 Å². The lowest BCUT2D eigenvalue weighted by atomic mass is 10.4. The van der Waals surface area contributed by atoms with Crippen LogP contribution in [0.4, 0.5) is 0 Å². The smallest absolute Gasteiger partial charge is 0.261 e. The van der Waals surface area contributed by atoms with E-state index in [4.69, 9.17) is 5.73 Å². The second-order valence-corrected chi connectivity index (χ2v) is 6.75. The minimum absolute atomic E-state index is 0.0654. The van der Waals surface area contributed by atoms with Crippen LogP contribution in [0.1, 0.15) is 21.5 Å². The molecular weight excluding hydrogens is 298 g/mol. The highest BCUT2D eigenvalue weighted by molar-refractivity contribution is 7.89. The van der Waals surface area contributed by atoms with E-state index >= 15 is 0 Å². The number of nitrogens with one attached hydrogen (secondary N) is 2. The highest BCUT2D eigenvalue weighted by Crippen LogP contribution is 2.14. The largest absolute Gasteiger partial charge is 0.350 e. The zero-order chi connectivity index (χ0) is 15.0. The molecule has 0 bridgehead atoms. The summed E-state index contributed by atoms with van der Waals surface area (Å²) >= 11 is 1.24. The summed E-state index contributed by atoms with van der Waals surface area (Å²) in [6.45, 7) is 2.37. The van der Waals surface area contributed by atoms with Crippen molar-refractivity contribution in [2.24, 2.45) is 5.73 Å². The van der Waals surface area contributed by atoms with Crippen LogP contribution in [0.15, 0.2) is 12.1 Å². The lowest BCUT2D eigenvalue weighted by molar-refractivity contribution is 0.0960. The fourth-order valence-corrected chi connectivity index (χ4v) is 3.10. The van der Waals surface area contributed by atoms with Gasteiger partial charge in [0.15, 0.2) is 0 Å². The lowest BCUT2D eigenvalue weighted by Gasteiger charge is -2.05. The van der Waals surface area contributed by atoms with Gasteiger partial charge in [0, 0.05) is 13.1 Å². The van der Waals surface area contributed by atoms with Gasteiger partial charge in [0.25, 0.3) is 5.91 Å². The Hall–Kier alpha value is -1.40. The van der Waals surface area contributed by atoms with Gasteiger partial charge in [-0.05, 0) is 12.1 Å². The van der Waals surface area contributed by atoms with Gasteiger partial charge in [0.2, 0.25) is 10.0 Å². The van der Waals surface area contributed by atoms with Crippen LogP contribution >= 0.6 is 11.3 Å². The fraction of sp³-hybridized carbons (Fsp3) is 0.417. The van der Waals surface area contributed by atoms with Crippen LogP contribution in [-0.4, -0.2) is 39.7 Å². The van der Waals surface area contributed by atoms with Gasteiger partial charge in [-0.1, -0.05) is 18.8 Å². The van der Waals surface area contributed by atoms with E-state index in [1.165, 1.54) is 11.3 Å². The molecule has 6 nitrogen and oxygen atoms in total. The first kappa shape index (κ1) is 16.7. The van der Waals surface area contributed by atoms with Crippen LogP contribution in [0.25, 0.3) is 0 Å². The third-order valence-electron chi connectivity index (χ3n) is 2.16. The SMILES string of the molecule is CCNS(=O)(=O)CCNC(=O)c1ccc(C#CCN)s1. The van der Waals surface area contributed by atoms with Gasteiger partial charge < -0.3 is 11.1 Å². The second-order valence-electron chi connectivity index (χ2n) is 3.74. The van der Waals surface area contributed by atoms with Crippen LogP contribution in [0, 0.1) is 11.8 Å². The van der Waals surface area contributed by atoms with Crippen molar-refractivity contribution >= 4 is 27.3 Å². The van der Waals surface area contributed by atoms with E-state index in [1.807, 2.05) is 0 Å². The Morgan fingerprint density at radius 2 is 2.20 bits per heavy atom. The maximum absolute atomic E-state index is 11.8. The molecule has 1 amide bonds. The molecule has 1 aromatic rings. The molecule has 8 heteroatoms. The summed E-state index contributed by atoms with van der Waals surface area (Å²) in [4.78, 5) is 13.0. The van der Waals surface area contributed by atoms with Gasteiger partial charge in [-0.3, -0.25) is 4.79 Å². The number of hydrogen-bond acceptors (Lipinski definition) is 5. The fourth-order valence-electron chi connectivity index (χ4n) is 1.34. The Bertz CT molecular complexity index is 611. The molecule has 110 valence electrons. The minimum Gasteiger partial charge on any atom is -0.350 e. The number of thiophene rings is 1. The third kappa shape index (κ3) is 5.71. The molecule has 1 heterocycles. The van der Waals surface area contributed by atoms with E-state index in [9.17, 15) is 13.2 Å². The Kier molecular flexibility index (Phi) is 6.67. The van der Waals surface area contributed by atoms with Gasteiger partial charge >= 0.3 is 0 Å². The first-order chi connectivity index (χ1) is 9.48. The molecule has 0 aliphatic carbocycles. The van der Waals surface area contributed by atoms with E-state index < -0.39 is 10.0 Å². The number of amides is 1. The quantitative estimate of drug-likeness (QED) is 0.629. The summed E-state index contributed by atoms with van der Waals surface area (Å²) in [5.41, 5.74) is 5.26. The number of carbonyl (C=O) groups is 1. The van der Waals surface area contributed by atoms with Gasteiger partial charge in [0.1, 0.15) is 0 Å². The molecule has 0 atom stereocenters. The molecule has 0 aliphatic rings. The van der Waals surface area contributed by atoms with E-state index in [-0.39, 0.29) is 24.7 Å². The molecule has 4 N–H and O–H groups in total. The summed E-state index contributed by atoms with van der Waals surface area (Å²) in [5.74, 6) is 5.09. The first-order valence-corrected chi connectivity index (χ1v) is 8.49. The number of hydrogen-bond donors (Lipinski definition) is 3. The van der Waals surface area contributed by atoms with Crippen molar-refractivity contribution in [1.82, 2.24) is 10.0 Å². The molecule has 0 fully saturated rings. The highest BCUT2D eigenvalue weighted by atomic mass is 32.2. The van der Waals surface area contributed by atoms with Crippen molar-refractivity contribution in [3.05, 3.63) is 21.9 Å². The van der Waals surface area contributed by atoms with Gasteiger partial charge in [-0.2, -0.15) is 0 Å². The van der Waals surface area contributed by atoms with Crippen LogP contribution < -0.4 is 15.8 Å². The van der Waals surface area contributed by atoms with Crippen LogP contribution in [0.5, 0.6) is 0 Å². The normalized spacial score (nSPS) is 10.7. The number of carbonyl (C=O) groups excluding carboxylic acids is 1. The second kappa shape index (κ2) is 8.01. The predicted molar refractivity (Wildman–Crippen MR) is 80.0 cm³/mol. The molecule has 0 radical (unpaired) electrons. The van der Waals surface area contributed by atoms with Crippen molar-refractivity contribution in [2.45, 2.75) is 6.92 Å². The Morgan fingerprint density at radius 3 is 2.85 bits per heavy atom. The average molecular weight is 315 g/mol. The summed E-state index contributed by atoms with van der Waals surface area (Å²) in [6.07, 6.45) is 0. The average Bonchev–Trinajstić information content (AvgIpc) is 2.84. The van der Waals surface area contributed by atoms with Gasteiger partial charge in [0.05, 0.1) is 22.1 Å². The molecule has 1 rings (SSSR count). The van der Waals surface area contributed by atoms with Crippen LogP contribution in [-0.2, 0) is 10.0 Å². The Balaban J connectivity index is 2.49. The molecule has 0 unspecified atom stereocenters. The third-order valence-corrected chi connectivity index (χ3v) is 4.63. The number of nitrogens with two attached hydrogens (primary N) is 1. The van der Waals surface area contributed by atoms with Crippen molar-refractivity contribution in [2.75, 3.05) is 25.4 Å².